The predicted molar refractivity (Wildman–Crippen MR) is 85.4 cm³/mol. The molecule has 3 atom stereocenters. The molecule has 3 heteroatoms. The topological polar surface area (TPSA) is 40.5 Å². The van der Waals surface area contributed by atoms with Crippen LogP contribution in [0.3, 0.4) is 0 Å². The molecule has 21 heavy (non-hydrogen) atoms. The van der Waals surface area contributed by atoms with Gasteiger partial charge in [-0.15, -0.1) is 0 Å². The zero-order chi connectivity index (χ0) is 15.4. The summed E-state index contributed by atoms with van der Waals surface area (Å²) in [6.45, 7) is 8.66. The Labute approximate surface area is 128 Å². The number of nitrogens with zero attached hydrogens (tertiary/aromatic N) is 1. The van der Waals surface area contributed by atoms with Crippen molar-refractivity contribution in [2.45, 2.75) is 46.1 Å². The first kappa shape index (κ1) is 16.0. The maximum absolute atomic E-state index is 11.2. The first-order valence-corrected chi connectivity index (χ1v) is 7.95. The largest absolute Gasteiger partial charge is 0.481 e. The Morgan fingerprint density at radius 3 is 2.33 bits per heavy atom. The van der Waals surface area contributed by atoms with Crippen LogP contribution in [0.2, 0.25) is 0 Å². The lowest BCUT2D eigenvalue weighted by Crippen LogP contribution is -2.46. The van der Waals surface area contributed by atoms with Crippen molar-refractivity contribution >= 4 is 5.97 Å². The predicted octanol–water partition coefficient (Wildman–Crippen LogP) is 3.36. The average molecular weight is 289 g/mol. The van der Waals surface area contributed by atoms with Crippen LogP contribution in [-0.4, -0.2) is 35.1 Å². The van der Waals surface area contributed by atoms with Gasteiger partial charge in [0.25, 0.3) is 0 Å². The van der Waals surface area contributed by atoms with E-state index in [1.165, 1.54) is 17.5 Å². The van der Waals surface area contributed by atoms with E-state index in [-0.39, 0.29) is 12.5 Å². The Morgan fingerprint density at radius 2 is 1.81 bits per heavy atom. The van der Waals surface area contributed by atoms with E-state index in [2.05, 4.69) is 49.9 Å². The molecular formula is C18H27NO2. The van der Waals surface area contributed by atoms with Crippen LogP contribution in [0.5, 0.6) is 0 Å². The Bertz CT molecular complexity index is 459. The summed E-state index contributed by atoms with van der Waals surface area (Å²) in [7, 11) is 0. The van der Waals surface area contributed by atoms with Gasteiger partial charge in [-0.05, 0) is 37.2 Å². The molecule has 0 aromatic heterocycles. The van der Waals surface area contributed by atoms with Crippen molar-refractivity contribution in [3.63, 3.8) is 0 Å². The molecule has 1 fully saturated rings. The lowest BCUT2D eigenvalue weighted by Gasteiger charge is -2.40. The molecule has 0 radical (unpaired) electrons. The van der Waals surface area contributed by atoms with Gasteiger partial charge in [-0.3, -0.25) is 9.69 Å². The summed E-state index contributed by atoms with van der Waals surface area (Å²) in [5.74, 6) is 0.615. The van der Waals surface area contributed by atoms with Crippen LogP contribution in [0, 0.1) is 18.8 Å². The molecule has 2 rings (SSSR count). The summed E-state index contributed by atoms with van der Waals surface area (Å²) in [5, 5.41) is 9.24. The van der Waals surface area contributed by atoms with Crippen LogP contribution in [0.4, 0.5) is 0 Å². The van der Waals surface area contributed by atoms with E-state index in [0.29, 0.717) is 11.8 Å². The van der Waals surface area contributed by atoms with Crippen LogP contribution in [0.15, 0.2) is 24.3 Å². The maximum atomic E-state index is 11.2. The van der Waals surface area contributed by atoms with Gasteiger partial charge in [0.2, 0.25) is 0 Å². The smallest absolute Gasteiger partial charge is 0.304 e. The van der Waals surface area contributed by atoms with Gasteiger partial charge in [-0.25, -0.2) is 0 Å². The molecule has 1 aliphatic rings. The fourth-order valence-corrected chi connectivity index (χ4v) is 3.54. The fraction of sp³-hybridized carbons (Fsp3) is 0.611. The van der Waals surface area contributed by atoms with Gasteiger partial charge < -0.3 is 5.11 Å². The number of likely N-dealkylation sites (tertiary alicyclic amines) is 1. The standard InChI is InChI=1S/C18H27NO2/c1-13-4-6-16(7-5-13)9-17(10-18(20)21)19-11-14(2)8-15(3)12-19/h4-7,14-15,17H,8-12H2,1-3H3,(H,20,21). The highest BCUT2D eigenvalue weighted by Crippen LogP contribution is 2.25. The third-order valence-electron chi connectivity index (χ3n) is 4.42. The Kier molecular flexibility index (Phi) is 5.40. The molecule has 1 aromatic carbocycles. The summed E-state index contributed by atoms with van der Waals surface area (Å²) in [5.41, 5.74) is 2.48. The van der Waals surface area contributed by atoms with E-state index in [0.717, 1.165) is 19.5 Å². The molecule has 0 bridgehead atoms. The molecule has 0 aliphatic carbocycles. The number of piperidine rings is 1. The molecular weight excluding hydrogens is 262 g/mol. The minimum atomic E-state index is -0.696. The van der Waals surface area contributed by atoms with Gasteiger partial charge in [-0.2, -0.15) is 0 Å². The van der Waals surface area contributed by atoms with E-state index >= 15 is 0 Å². The van der Waals surface area contributed by atoms with Gasteiger partial charge >= 0.3 is 5.97 Å². The summed E-state index contributed by atoms with van der Waals surface area (Å²) in [6, 6.07) is 8.57. The average Bonchev–Trinajstić information content (AvgIpc) is 2.39. The lowest BCUT2D eigenvalue weighted by molar-refractivity contribution is -0.138. The molecule has 0 spiro atoms. The fourth-order valence-electron chi connectivity index (χ4n) is 3.54. The molecule has 3 nitrogen and oxygen atoms in total. The minimum absolute atomic E-state index is 0.107. The van der Waals surface area contributed by atoms with E-state index in [4.69, 9.17) is 0 Å². The third-order valence-corrected chi connectivity index (χ3v) is 4.42. The van der Waals surface area contributed by atoms with Crippen molar-refractivity contribution in [3.05, 3.63) is 35.4 Å². The van der Waals surface area contributed by atoms with Crippen molar-refractivity contribution in [3.8, 4) is 0 Å². The number of aryl methyl sites for hydroxylation is 1. The van der Waals surface area contributed by atoms with Gasteiger partial charge in [0.1, 0.15) is 0 Å². The SMILES string of the molecule is Cc1ccc(CC(CC(=O)O)N2CC(C)CC(C)C2)cc1. The van der Waals surface area contributed by atoms with E-state index in [1.807, 2.05) is 0 Å². The second-order valence-corrected chi connectivity index (χ2v) is 6.84. The zero-order valence-electron chi connectivity index (χ0n) is 13.4. The number of rotatable bonds is 5. The van der Waals surface area contributed by atoms with Crippen LogP contribution >= 0.6 is 0 Å². The quantitative estimate of drug-likeness (QED) is 0.903. The van der Waals surface area contributed by atoms with E-state index in [9.17, 15) is 9.90 Å². The molecule has 1 aliphatic heterocycles. The minimum Gasteiger partial charge on any atom is -0.481 e. The normalized spacial score (nSPS) is 24.7. The number of hydrogen-bond donors (Lipinski definition) is 1. The summed E-state index contributed by atoms with van der Waals surface area (Å²) >= 11 is 0. The number of carboxylic acids is 1. The molecule has 1 saturated heterocycles. The molecule has 0 amide bonds. The van der Waals surface area contributed by atoms with Crippen LogP contribution in [0.25, 0.3) is 0 Å². The molecule has 3 unspecified atom stereocenters. The number of aliphatic carboxylic acids is 1. The van der Waals surface area contributed by atoms with E-state index in [1.54, 1.807) is 0 Å². The Morgan fingerprint density at radius 1 is 1.24 bits per heavy atom. The van der Waals surface area contributed by atoms with Gasteiger partial charge in [0, 0.05) is 19.1 Å². The Balaban J connectivity index is 2.09. The lowest BCUT2D eigenvalue weighted by atomic mass is 9.89. The highest BCUT2D eigenvalue weighted by Gasteiger charge is 2.28. The monoisotopic (exact) mass is 289 g/mol. The zero-order valence-corrected chi connectivity index (χ0v) is 13.4. The summed E-state index contributed by atoms with van der Waals surface area (Å²) in [4.78, 5) is 13.6. The van der Waals surface area contributed by atoms with E-state index < -0.39 is 5.97 Å². The number of benzene rings is 1. The van der Waals surface area contributed by atoms with Crippen molar-refractivity contribution in [1.82, 2.24) is 4.90 Å². The number of hydrogen-bond acceptors (Lipinski definition) is 2. The van der Waals surface area contributed by atoms with Crippen molar-refractivity contribution in [2.24, 2.45) is 11.8 Å². The van der Waals surface area contributed by atoms with Crippen LogP contribution in [0.1, 0.15) is 37.8 Å². The van der Waals surface area contributed by atoms with Gasteiger partial charge in [0.05, 0.1) is 6.42 Å². The molecule has 1 aromatic rings. The highest BCUT2D eigenvalue weighted by molar-refractivity contribution is 5.67. The van der Waals surface area contributed by atoms with Crippen LogP contribution < -0.4 is 0 Å². The second-order valence-electron chi connectivity index (χ2n) is 6.84. The van der Waals surface area contributed by atoms with Crippen molar-refractivity contribution in [2.75, 3.05) is 13.1 Å². The molecule has 1 heterocycles. The first-order valence-electron chi connectivity index (χ1n) is 7.95. The molecule has 1 N–H and O–H groups in total. The third kappa shape index (κ3) is 4.85. The van der Waals surface area contributed by atoms with Gasteiger partial charge in [-0.1, -0.05) is 43.7 Å². The Hall–Kier alpha value is -1.35. The van der Waals surface area contributed by atoms with Crippen LogP contribution in [-0.2, 0) is 11.2 Å². The second kappa shape index (κ2) is 7.08. The highest BCUT2D eigenvalue weighted by atomic mass is 16.4. The summed E-state index contributed by atoms with van der Waals surface area (Å²) < 4.78 is 0. The maximum Gasteiger partial charge on any atom is 0.304 e. The molecule has 0 saturated carbocycles. The molecule has 116 valence electrons. The van der Waals surface area contributed by atoms with Crippen molar-refractivity contribution < 1.29 is 9.90 Å². The summed E-state index contributed by atoms with van der Waals surface area (Å²) in [6.07, 6.45) is 2.31. The number of carbonyl (C=O) groups is 1. The van der Waals surface area contributed by atoms with Gasteiger partial charge in [0.15, 0.2) is 0 Å². The number of carboxylic acid groups (broad SMARTS) is 1. The first-order chi connectivity index (χ1) is 9.94. The van der Waals surface area contributed by atoms with Crippen molar-refractivity contribution in [1.29, 1.82) is 0 Å².